The number of methoxy groups -OCH3 is 1. The van der Waals surface area contributed by atoms with E-state index in [1.807, 2.05) is 19.9 Å². The van der Waals surface area contributed by atoms with Crippen LogP contribution in [-0.4, -0.2) is 64.4 Å². The Morgan fingerprint density at radius 2 is 2.00 bits per heavy atom. The summed E-state index contributed by atoms with van der Waals surface area (Å²) in [4.78, 5) is 6.70. The number of guanidine groups is 1. The highest BCUT2D eigenvalue weighted by Gasteiger charge is 2.10. The lowest BCUT2D eigenvalue weighted by molar-refractivity contribution is -0.0504. The van der Waals surface area contributed by atoms with Crippen molar-refractivity contribution in [2.24, 2.45) is 4.99 Å². The van der Waals surface area contributed by atoms with Gasteiger partial charge in [-0.3, -0.25) is 0 Å². The molecule has 0 fully saturated rings. The van der Waals surface area contributed by atoms with Gasteiger partial charge in [0.25, 0.3) is 0 Å². The summed E-state index contributed by atoms with van der Waals surface area (Å²) in [5.41, 5.74) is 1.60. The molecule has 1 aromatic carbocycles. The predicted molar refractivity (Wildman–Crippen MR) is 120 cm³/mol. The van der Waals surface area contributed by atoms with Gasteiger partial charge in [0.2, 0.25) is 0 Å². The Morgan fingerprint density at radius 1 is 1.25 bits per heavy atom. The molecule has 0 saturated carbocycles. The normalized spacial score (nSPS) is 11.5. The maximum absolute atomic E-state index is 12.6. The molecule has 1 aromatic rings. The van der Waals surface area contributed by atoms with Crippen molar-refractivity contribution in [1.82, 2.24) is 15.5 Å². The molecular formula is C19H33F2IN4O2. The molecule has 0 saturated heterocycles. The lowest BCUT2D eigenvalue weighted by atomic mass is 10.1. The van der Waals surface area contributed by atoms with E-state index in [9.17, 15) is 8.78 Å². The maximum Gasteiger partial charge on any atom is 0.387 e. The van der Waals surface area contributed by atoms with Gasteiger partial charge in [0, 0.05) is 32.3 Å². The van der Waals surface area contributed by atoms with Gasteiger partial charge < -0.3 is 25.0 Å². The molecule has 2 N–H and O–H groups in total. The molecule has 0 spiro atoms. The number of likely N-dealkylation sites (N-methyl/N-ethyl adjacent to an activating group) is 1. The van der Waals surface area contributed by atoms with Gasteiger partial charge in [-0.15, -0.1) is 24.0 Å². The Balaban J connectivity index is 0.00000729. The summed E-state index contributed by atoms with van der Waals surface area (Å²) in [5, 5.41) is 6.44. The number of alkyl halides is 2. The van der Waals surface area contributed by atoms with Crippen LogP contribution in [0.15, 0.2) is 23.2 Å². The molecule has 0 aliphatic carbocycles. The number of benzene rings is 1. The fourth-order valence-corrected chi connectivity index (χ4v) is 2.46. The number of hydrogen-bond acceptors (Lipinski definition) is 4. The molecule has 1 rings (SSSR count). The molecule has 0 heterocycles. The van der Waals surface area contributed by atoms with Crippen molar-refractivity contribution in [1.29, 1.82) is 0 Å². The third-order valence-electron chi connectivity index (χ3n) is 3.87. The van der Waals surface area contributed by atoms with Crippen LogP contribution in [0.25, 0.3) is 0 Å². The van der Waals surface area contributed by atoms with Crippen molar-refractivity contribution >= 4 is 29.9 Å². The Labute approximate surface area is 184 Å². The number of nitrogens with zero attached hydrogens (tertiary/aromatic N) is 2. The second kappa shape index (κ2) is 15.7. The van der Waals surface area contributed by atoms with Crippen LogP contribution in [0.2, 0.25) is 0 Å². The van der Waals surface area contributed by atoms with Crippen molar-refractivity contribution in [2.75, 3.05) is 46.9 Å². The second-order valence-electron chi connectivity index (χ2n) is 6.26. The summed E-state index contributed by atoms with van der Waals surface area (Å²) in [6.45, 7) is 5.32. The monoisotopic (exact) mass is 514 g/mol. The fraction of sp³-hybridized carbons (Fsp3) is 0.632. The van der Waals surface area contributed by atoms with Crippen molar-refractivity contribution in [3.63, 3.8) is 0 Å². The maximum atomic E-state index is 12.6. The lowest BCUT2D eigenvalue weighted by Gasteiger charge is -2.17. The van der Waals surface area contributed by atoms with Crippen LogP contribution in [0.1, 0.15) is 24.5 Å². The zero-order valence-corrected chi connectivity index (χ0v) is 19.5. The van der Waals surface area contributed by atoms with E-state index < -0.39 is 6.61 Å². The summed E-state index contributed by atoms with van der Waals surface area (Å²) in [6.07, 6.45) is 0.953. The van der Waals surface area contributed by atoms with Crippen LogP contribution < -0.4 is 15.4 Å². The number of nitrogens with one attached hydrogen (secondary N) is 2. The smallest absolute Gasteiger partial charge is 0.387 e. The molecule has 0 atom stereocenters. The summed E-state index contributed by atoms with van der Waals surface area (Å²) >= 11 is 0. The van der Waals surface area contributed by atoms with E-state index in [1.54, 1.807) is 19.2 Å². The summed E-state index contributed by atoms with van der Waals surface area (Å²) in [5.74, 6) is 0.816. The first kappa shape index (κ1) is 26.8. The van der Waals surface area contributed by atoms with E-state index in [2.05, 4.69) is 32.3 Å². The first-order chi connectivity index (χ1) is 13.0. The highest BCUT2D eigenvalue weighted by Crippen LogP contribution is 2.22. The van der Waals surface area contributed by atoms with E-state index in [0.717, 1.165) is 31.6 Å². The lowest BCUT2D eigenvalue weighted by Crippen LogP contribution is -2.38. The summed E-state index contributed by atoms with van der Waals surface area (Å²) in [6, 6.07) is 5.12. The molecule has 162 valence electrons. The zero-order chi connectivity index (χ0) is 20.1. The van der Waals surface area contributed by atoms with Crippen molar-refractivity contribution in [3.8, 4) is 5.75 Å². The number of aliphatic imine (C=N–C) groups is 1. The Hall–Kier alpha value is -1.20. The first-order valence-corrected chi connectivity index (χ1v) is 9.20. The van der Waals surface area contributed by atoms with Gasteiger partial charge in [-0.25, -0.2) is 4.99 Å². The molecule has 9 heteroatoms. The van der Waals surface area contributed by atoms with E-state index in [-0.39, 0.29) is 36.3 Å². The highest BCUT2D eigenvalue weighted by atomic mass is 127. The van der Waals surface area contributed by atoms with Gasteiger partial charge in [0.15, 0.2) is 5.96 Å². The molecule has 0 aliphatic heterocycles. The quantitative estimate of drug-likeness (QED) is 0.194. The van der Waals surface area contributed by atoms with Crippen LogP contribution in [0.4, 0.5) is 8.78 Å². The number of halogens is 3. The van der Waals surface area contributed by atoms with Crippen LogP contribution in [0.3, 0.4) is 0 Å². The molecular weight excluding hydrogens is 481 g/mol. The standard InChI is InChI=1S/C19H32F2N4O2.HI/c1-5-22-19(23-9-6-10-25(3)11-12-26-4)24-14-16-13-15(2)7-8-17(16)27-18(20)21;/h7-8,13,18H,5-6,9-12,14H2,1-4H3,(H2,22,23,24);1H. The minimum Gasteiger partial charge on any atom is -0.434 e. The average molecular weight is 514 g/mol. The SMILES string of the molecule is CCNC(=NCc1cc(C)ccc1OC(F)F)NCCCN(C)CCOC.I. The Bertz CT molecular complexity index is 577. The molecule has 0 unspecified atom stereocenters. The van der Waals surface area contributed by atoms with Gasteiger partial charge in [-0.2, -0.15) is 8.78 Å². The summed E-state index contributed by atoms with van der Waals surface area (Å²) in [7, 11) is 3.75. The predicted octanol–water partition coefficient (Wildman–Crippen LogP) is 3.24. The number of rotatable bonds is 12. The van der Waals surface area contributed by atoms with E-state index >= 15 is 0 Å². The Kier molecular flexibility index (Phi) is 15.0. The van der Waals surface area contributed by atoms with Gasteiger partial charge >= 0.3 is 6.61 Å². The molecule has 0 aromatic heterocycles. The highest BCUT2D eigenvalue weighted by molar-refractivity contribution is 14.0. The van der Waals surface area contributed by atoms with Crippen LogP contribution in [-0.2, 0) is 11.3 Å². The van der Waals surface area contributed by atoms with Crippen molar-refractivity contribution in [3.05, 3.63) is 29.3 Å². The first-order valence-electron chi connectivity index (χ1n) is 9.20. The molecule has 0 amide bonds. The van der Waals surface area contributed by atoms with E-state index in [1.165, 1.54) is 0 Å². The minimum atomic E-state index is -2.85. The topological polar surface area (TPSA) is 58.1 Å². The minimum absolute atomic E-state index is 0. The van der Waals surface area contributed by atoms with Gasteiger partial charge in [-0.05, 0) is 39.9 Å². The third-order valence-corrected chi connectivity index (χ3v) is 3.87. The molecule has 0 aliphatic rings. The van der Waals surface area contributed by atoms with Crippen molar-refractivity contribution < 1.29 is 18.3 Å². The second-order valence-corrected chi connectivity index (χ2v) is 6.26. The van der Waals surface area contributed by atoms with Crippen LogP contribution in [0.5, 0.6) is 5.75 Å². The number of aryl methyl sites for hydroxylation is 1. The fourth-order valence-electron chi connectivity index (χ4n) is 2.46. The van der Waals surface area contributed by atoms with Gasteiger partial charge in [-0.1, -0.05) is 17.7 Å². The molecule has 0 radical (unpaired) electrons. The third kappa shape index (κ3) is 11.6. The molecule has 0 bridgehead atoms. The van der Waals surface area contributed by atoms with Crippen LogP contribution >= 0.6 is 24.0 Å². The van der Waals surface area contributed by atoms with Gasteiger partial charge in [0.1, 0.15) is 5.75 Å². The van der Waals surface area contributed by atoms with Crippen LogP contribution in [0, 0.1) is 6.92 Å². The van der Waals surface area contributed by atoms with Gasteiger partial charge in [0.05, 0.1) is 13.2 Å². The summed E-state index contributed by atoms with van der Waals surface area (Å²) < 4.78 is 34.8. The molecule has 6 nitrogen and oxygen atoms in total. The number of ether oxygens (including phenoxy) is 2. The van der Waals surface area contributed by atoms with E-state index in [4.69, 9.17) is 4.74 Å². The molecule has 28 heavy (non-hydrogen) atoms. The average Bonchev–Trinajstić information content (AvgIpc) is 2.62. The number of hydrogen-bond donors (Lipinski definition) is 2. The Morgan fingerprint density at radius 3 is 2.64 bits per heavy atom. The largest absolute Gasteiger partial charge is 0.434 e. The van der Waals surface area contributed by atoms with Crippen molar-refractivity contribution in [2.45, 2.75) is 33.4 Å². The zero-order valence-electron chi connectivity index (χ0n) is 17.1. The van der Waals surface area contributed by atoms with E-state index in [0.29, 0.717) is 24.7 Å².